The van der Waals surface area contributed by atoms with Gasteiger partial charge in [-0.05, 0) is 57.9 Å². The van der Waals surface area contributed by atoms with Gasteiger partial charge in [-0.2, -0.15) is 13.2 Å². The minimum absolute atomic E-state index is 0. The molecule has 1 aromatic carbocycles. The number of likely N-dealkylation sites (tertiary alicyclic amines) is 1. The number of aliphatic hydroxyl groups excluding tert-OH is 1. The van der Waals surface area contributed by atoms with Crippen molar-refractivity contribution in [2.24, 2.45) is 4.99 Å². The highest BCUT2D eigenvalue weighted by Crippen LogP contribution is 2.30. The summed E-state index contributed by atoms with van der Waals surface area (Å²) in [6, 6.07) is 5.28. The van der Waals surface area contributed by atoms with Crippen LogP contribution in [-0.4, -0.2) is 66.9 Å². The lowest BCUT2D eigenvalue weighted by Crippen LogP contribution is -2.50. The van der Waals surface area contributed by atoms with Gasteiger partial charge in [0.25, 0.3) is 0 Å². The molecule has 178 valence electrons. The van der Waals surface area contributed by atoms with E-state index in [-0.39, 0.29) is 42.9 Å². The van der Waals surface area contributed by atoms with Gasteiger partial charge in [-0.15, -0.1) is 24.0 Å². The molecule has 3 N–H and O–H groups in total. The van der Waals surface area contributed by atoms with Crippen LogP contribution in [0.15, 0.2) is 29.3 Å². The Labute approximate surface area is 199 Å². The van der Waals surface area contributed by atoms with Crippen LogP contribution < -0.4 is 15.4 Å². The molecule has 1 aliphatic rings. The molecular formula is C21H34F3IN4O2. The molecule has 0 amide bonds. The zero-order valence-electron chi connectivity index (χ0n) is 18.3. The van der Waals surface area contributed by atoms with E-state index in [9.17, 15) is 18.3 Å². The number of halogens is 4. The van der Waals surface area contributed by atoms with Crippen LogP contribution in [0.25, 0.3) is 0 Å². The van der Waals surface area contributed by atoms with Crippen molar-refractivity contribution in [3.63, 3.8) is 0 Å². The smallest absolute Gasteiger partial charge is 0.416 e. The van der Waals surface area contributed by atoms with E-state index in [1.54, 1.807) is 0 Å². The molecule has 1 aliphatic heterocycles. The van der Waals surface area contributed by atoms with Gasteiger partial charge in [0, 0.05) is 31.7 Å². The van der Waals surface area contributed by atoms with Crippen LogP contribution >= 0.6 is 24.0 Å². The number of alkyl halides is 3. The van der Waals surface area contributed by atoms with E-state index in [0.717, 1.165) is 38.1 Å². The molecule has 6 nitrogen and oxygen atoms in total. The SMILES string of the molecule is CCNC(=NCC(O)COc1ccc(C(F)(F)F)cc1)NC1CCN(C(C)C)CC1.I. The van der Waals surface area contributed by atoms with Crippen molar-refractivity contribution in [3.05, 3.63) is 29.8 Å². The Morgan fingerprint density at radius 2 is 1.84 bits per heavy atom. The van der Waals surface area contributed by atoms with E-state index in [1.807, 2.05) is 6.92 Å². The first-order chi connectivity index (χ1) is 14.2. The highest BCUT2D eigenvalue weighted by atomic mass is 127. The van der Waals surface area contributed by atoms with E-state index in [0.29, 0.717) is 24.6 Å². The van der Waals surface area contributed by atoms with Crippen molar-refractivity contribution in [2.45, 2.75) is 58.0 Å². The second-order valence-corrected chi connectivity index (χ2v) is 7.75. The zero-order chi connectivity index (χ0) is 22.1. The van der Waals surface area contributed by atoms with Gasteiger partial charge in [-0.25, -0.2) is 0 Å². The lowest BCUT2D eigenvalue weighted by Gasteiger charge is -2.35. The molecule has 0 spiro atoms. The van der Waals surface area contributed by atoms with Gasteiger partial charge in [-0.3, -0.25) is 4.99 Å². The fourth-order valence-electron chi connectivity index (χ4n) is 3.26. The Morgan fingerprint density at radius 3 is 2.35 bits per heavy atom. The predicted molar refractivity (Wildman–Crippen MR) is 127 cm³/mol. The summed E-state index contributed by atoms with van der Waals surface area (Å²) >= 11 is 0. The lowest BCUT2D eigenvalue weighted by molar-refractivity contribution is -0.137. The third kappa shape index (κ3) is 9.82. The topological polar surface area (TPSA) is 69.1 Å². The number of aliphatic imine (C=N–C) groups is 1. The zero-order valence-corrected chi connectivity index (χ0v) is 20.6. The lowest BCUT2D eigenvalue weighted by atomic mass is 10.0. The number of aliphatic hydroxyl groups is 1. The van der Waals surface area contributed by atoms with Crippen molar-refractivity contribution in [1.82, 2.24) is 15.5 Å². The molecule has 1 atom stereocenters. The van der Waals surface area contributed by atoms with Gasteiger partial charge in [0.05, 0.1) is 12.1 Å². The second-order valence-electron chi connectivity index (χ2n) is 7.75. The Kier molecular flexibility index (Phi) is 11.9. The normalized spacial score (nSPS) is 17.2. The number of nitrogens with one attached hydrogen (secondary N) is 2. The first-order valence-electron chi connectivity index (χ1n) is 10.5. The molecule has 1 unspecified atom stereocenters. The highest BCUT2D eigenvalue weighted by molar-refractivity contribution is 14.0. The molecule has 31 heavy (non-hydrogen) atoms. The quantitative estimate of drug-likeness (QED) is 0.259. The Morgan fingerprint density at radius 1 is 1.23 bits per heavy atom. The molecule has 1 fully saturated rings. The monoisotopic (exact) mass is 558 g/mol. The second kappa shape index (κ2) is 13.3. The average molecular weight is 558 g/mol. The van der Waals surface area contributed by atoms with Crippen LogP contribution in [-0.2, 0) is 6.18 Å². The summed E-state index contributed by atoms with van der Waals surface area (Å²) < 4.78 is 43.1. The number of hydrogen-bond donors (Lipinski definition) is 3. The summed E-state index contributed by atoms with van der Waals surface area (Å²) in [5.41, 5.74) is -0.736. The minimum Gasteiger partial charge on any atom is -0.491 e. The van der Waals surface area contributed by atoms with Crippen molar-refractivity contribution in [3.8, 4) is 5.75 Å². The van der Waals surface area contributed by atoms with Gasteiger partial charge < -0.3 is 25.4 Å². The summed E-state index contributed by atoms with van der Waals surface area (Å²) in [5, 5.41) is 16.7. The largest absolute Gasteiger partial charge is 0.491 e. The van der Waals surface area contributed by atoms with E-state index in [2.05, 4.69) is 34.4 Å². The summed E-state index contributed by atoms with van der Waals surface area (Å²) in [6.07, 6.45) is -3.19. The molecule has 0 radical (unpaired) electrons. The summed E-state index contributed by atoms with van der Waals surface area (Å²) in [7, 11) is 0. The Balaban J connectivity index is 0.00000480. The van der Waals surface area contributed by atoms with Crippen molar-refractivity contribution < 1.29 is 23.0 Å². The number of piperidine rings is 1. The van der Waals surface area contributed by atoms with Crippen LogP contribution in [0.4, 0.5) is 13.2 Å². The first kappa shape index (κ1) is 27.8. The van der Waals surface area contributed by atoms with Crippen molar-refractivity contribution >= 4 is 29.9 Å². The van der Waals surface area contributed by atoms with Gasteiger partial charge in [0.15, 0.2) is 5.96 Å². The number of nitrogens with zero attached hydrogens (tertiary/aromatic N) is 2. The maximum absolute atomic E-state index is 12.6. The van der Waals surface area contributed by atoms with Crippen LogP contribution in [0.1, 0.15) is 39.2 Å². The maximum Gasteiger partial charge on any atom is 0.416 e. The number of guanidine groups is 1. The van der Waals surface area contributed by atoms with Gasteiger partial charge >= 0.3 is 6.18 Å². The number of hydrogen-bond acceptors (Lipinski definition) is 4. The van der Waals surface area contributed by atoms with E-state index in [1.165, 1.54) is 12.1 Å². The number of benzene rings is 1. The maximum atomic E-state index is 12.6. The van der Waals surface area contributed by atoms with E-state index < -0.39 is 17.8 Å². The fourth-order valence-corrected chi connectivity index (χ4v) is 3.26. The third-order valence-electron chi connectivity index (χ3n) is 5.03. The molecule has 0 aromatic heterocycles. The Bertz CT molecular complexity index is 664. The fraction of sp³-hybridized carbons (Fsp3) is 0.667. The van der Waals surface area contributed by atoms with Gasteiger partial charge in [0.2, 0.25) is 0 Å². The standard InChI is InChI=1S/C21H33F3N4O2.HI/c1-4-25-20(27-17-9-11-28(12-10-17)15(2)3)26-13-18(29)14-30-19-7-5-16(6-8-19)21(22,23)24;/h5-8,15,17-18,29H,4,9-14H2,1-3H3,(H2,25,26,27);1H. The summed E-state index contributed by atoms with van der Waals surface area (Å²) in [4.78, 5) is 6.87. The van der Waals surface area contributed by atoms with E-state index in [4.69, 9.17) is 4.74 Å². The first-order valence-corrected chi connectivity index (χ1v) is 10.5. The molecular weight excluding hydrogens is 524 g/mol. The molecule has 1 heterocycles. The van der Waals surface area contributed by atoms with Crippen molar-refractivity contribution in [2.75, 3.05) is 32.8 Å². The average Bonchev–Trinajstić information content (AvgIpc) is 2.70. The van der Waals surface area contributed by atoms with Crippen LogP contribution in [0.3, 0.4) is 0 Å². The van der Waals surface area contributed by atoms with Gasteiger partial charge in [0.1, 0.15) is 18.5 Å². The molecule has 10 heteroatoms. The van der Waals surface area contributed by atoms with Gasteiger partial charge in [-0.1, -0.05) is 0 Å². The molecule has 0 saturated carbocycles. The minimum atomic E-state index is -4.38. The van der Waals surface area contributed by atoms with Crippen LogP contribution in [0, 0.1) is 0 Å². The predicted octanol–water partition coefficient (Wildman–Crippen LogP) is 3.49. The molecule has 1 aromatic rings. The van der Waals surface area contributed by atoms with Crippen LogP contribution in [0.5, 0.6) is 5.75 Å². The van der Waals surface area contributed by atoms with Crippen LogP contribution in [0.2, 0.25) is 0 Å². The summed E-state index contributed by atoms with van der Waals surface area (Å²) in [6.45, 7) is 9.23. The molecule has 2 rings (SSSR count). The summed E-state index contributed by atoms with van der Waals surface area (Å²) in [5.74, 6) is 0.919. The highest BCUT2D eigenvalue weighted by Gasteiger charge is 2.30. The molecule has 0 bridgehead atoms. The Hall–Kier alpha value is -1.27. The molecule has 0 aliphatic carbocycles. The number of ether oxygens (including phenoxy) is 1. The third-order valence-corrected chi connectivity index (χ3v) is 5.03. The van der Waals surface area contributed by atoms with E-state index >= 15 is 0 Å². The molecule has 1 saturated heterocycles. The number of rotatable bonds is 8. The van der Waals surface area contributed by atoms with Crippen molar-refractivity contribution in [1.29, 1.82) is 0 Å².